The average molecular weight is 160 g/mol. The van der Waals surface area contributed by atoms with Crippen molar-refractivity contribution in [3.8, 4) is 0 Å². The molecule has 0 aromatic heterocycles. The van der Waals surface area contributed by atoms with Crippen LogP contribution in [0.5, 0.6) is 0 Å². The fraction of sp³-hybridized carbons (Fsp3) is 0.667. The van der Waals surface area contributed by atoms with Gasteiger partial charge in [-0.3, -0.25) is 14.9 Å². The molecule has 0 bridgehead atoms. The van der Waals surface area contributed by atoms with Crippen molar-refractivity contribution < 1.29 is 14.7 Å². The molecule has 5 heteroatoms. The highest BCUT2D eigenvalue weighted by atomic mass is 16.4. The van der Waals surface area contributed by atoms with Gasteiger partial charge in [0.25, 0.3) is 0 Å². The first-order valence-corrected chi connectivity index (χ1v) is 3.24. The molecule has 3 N–H and O–H groups in total. The van der Waals surface area contributed by atoms with Gasteiger partial charge in [0.15, 0.2) is 0 Å². The van der Waals surface area contributed by atoms with E-state index in [1.807, 2.05) is 0 Å². The van der Waals surface area contributed by atoms with E-state index in [0.717, 1.165) is 0 Å². The summed E-state index contributed by atoms with van der Waals surface area (Å²) in [5.41, 5.74) is 0. The lowest BCUT2D eigenvalue weighted by Crippen LogP contribution is -2.41. The molecular formula is C6H12N2O3. The Balaban J connectivity index is 3.39. The summed E-state index contributed by atoms with van der Waals surface area (Å²) in [6, 6.07) is -0.637. The topological polar surface area (TPSA) is 78.4 Å². The molecule has 0 aliphatic carbocycles. The van der Waals surface area contributed by atoms with Crippen LogP contribution in [0.2, 0.25) is 0 Å². The Bertz CT molecular complexity index is 158. The Morgan fingerprint density at radius 1 is 1.55 bits per heavy atom. The molecule has 64 valence electrons. The zero-order chi connectivity index (χ0) is 8.85. The number of carbonyl (C=O) groups excluding carboxylic acids is 1. The predicted molar refractivity (Wildman–Crippen MR) is 38.9 cm³/mol. The molecule has 5 nitrogen and oxygen atoms in total. The van der Waals surface area contributed by atoms with Gasteiger partial charge >= 0.3 is 5.97 Å². The second-order valence-corrected chi connectivity index (χ2v) is 2.17. The highest BCUT2D eigenvalue weighted by Crippen LogP contribution is 1.77. The zero-order valence-electron chi connectivity index (χ0n) is 6.55. The Labute approximate surface area is 64.8 Å². The van der Waals surface area contributed by atoms with Crippen LogP contribution in [0.1, 0.15) is 13.8 Å². The second kappa shape index (κ2) is 4.68. The van der Waals surface area contributed by atoms with E-state index in [4.69, 9.17) is 5.11 Å². The Morgan fingerprint density at radius 3 is 2.45 bits per heavy atom. The number of aliphatic carboxylic acids is 1. The molecule has 0 saturated carbocycles. The van der Waals surface area contributed by atoms with Crippen molar-refractivity contribution in [1.82, 2.24) is 10.6 Å². The van der Waals surface area contributed by atoms with E-state index in [9.17, 15) is 9.59 Å². The summed E-state index contributed by atoms with van der Waals surface area (Å²) in [4.78, 5) is 20.5. The van der Waals surface area contributed by atoms with Crippen molar-refractivity contribution in [3.05, 3.63) is 0 Å². The molecule has 0 radical (unpaired) electrons. The molecule has 0 aromatic carbocycles. The molecule has 0 spiro atoms. The van der Waals surface area contributed by atoms with Gasteiger partial charge in [0.05, 0.1) is 6.67 Å². The Hall–Kier alpha value is -1.10. The van der Waals surface area contributed by atoms with E-state index in [1.165, 1.54) is 13.8 Å². The number of rotatable bonds is 4. The van der Waals surface area contributed by atoms with Crippen LogP contribution in [0.25, 0.3) is 0 Å². The summed E-state index contributed by atoms with van der Waals surface area (Å²) in [6.07, 6.45) is 0. The van der Waals surface area contributed by atoms with Crippen LogP contribution in [-0.2, 0) is 9.59 Å². The van der Waals surface area contributed by atoms with E-state index >= 15 is 0 Å². The van der Waals surface area contributed by atoms with Gasteiger partial charge in [0, 0.05) is 6.92 Å². The van der Waals surface area contributed by atoms with Crippen molar-refractivity contribution in [1.29, 1.82) is 0 Å². The standard InChI is InChI=1S/C6H12N2O3/c1-4(6(10)11)7-3-8-5(2)9/h4,7H,3H2,1-2H3,(H,8,9)(H,10,11)/t4-/m0/s1. The lowest BCUT2D eigenvalue weighted by Gasteiger charge is -2.08. The highest BCUT2D eigenvalue weighted by Gasteiger charge is 2.08. The largest absolute Gasteiger partial charge is 0.480 e. The molecule has 0 unspecified atom stereocenters. The molecule has 0 heterocycles. The number of amides is 1. The van der Waals surface area contributed by atoms with Crippen LogP contribution in [0, 0.1) is 0 Å². The van der Waals surface area contributed by atoms with E-state index in [2.05, 4.69) is 10.6 Å². The van der Waals surface area contributed by atoms with Gasteiger partial charge in [-0.2, -0.15) is 0 Å². The number of carbonyl (C=O) groups is 2. The minimum atomic E-state index is -0.935. The summed E-state index contributed by atoms with van der Waals surface area (Å²) < 4.78 is 0. The van der Waals surface area contributed by atoms with Crippen LogP contribution in [0.4, 0.5) is 0 Å². The van der Waals surface area contributed by atoms with Crippen LogP contribution < -0.4 is 10.6 Å². The number of nitrogens with one attached hydrogen (secondary N) is 2. The molecule has 0 aliphatic heterocycles. The SMILES string of the molecule is CC(=O)NCN[C@@H](C)C(=O)O. The number of hydrogen-bond acceptors (Lipinski definition) is 3. The summed E-state index contributed by atoms with van der Waals surface area (Å²) in [5.74, 6) is -1.12. The Morgan fingerprint density at radius 2 is 2.09 bits per heavy atom. The van der Waals surface area contributed by atoms with Crippen LogP contribution >= 0.6 is 0 Å². The van der Waals surface area contributed by atoms with Gasteiger partial charge in [-0.1, -0.05) is 0 Å². The summed E-state index contributed by atoms with van der Waals surface area (Å²) in [6.45, 7) is 3.06. The lowest BCUT2D eigenvalue weighted by atomic mass is 10.3. The first kappa shape index (κ1) is 9.90. The third kappa shape index (κ3) is 5.35. The third-order valence-corrected chi connectivity index (χ3v) is 1.12. The molecule has 1 atom stereocenters. The predicted octanol–water partition coefficient (Wildman–Crippen LogP) is -0.857. The smallest absolute Gasteiger partial charge is 0.320 e. The first-order valence-electron chi connectivity index (χ1n) is 3.24. The van der Waals surface area contributed by atoms with E-state index in [0.29, 0.717) is 0 Å². The van der Waals surface area contributed by atoms with Gasteiger partial charge in [-0.05, 0) is 6.92 Å². The van der Waals surface area contributed by atoms with Crippen molar-refractivity contribution in [2.24, 2.45) is 0 Å². The molecule has 11 heavy (non-hydrogen) atoms. The molecular weight excluding hydrogens is 148 g/mol. The number of carboxylic acid groups (broad SMARTS) is 1. The lowest BCUT2D eigenvalue weighted by molar-refractivity contribution is -0.139. The van der Waals surface area contributed by atoms with Crippen molar-refractivity contribution in [2.75, 3.05) is 6.67 Å². The molecule has 0 fully saturated rings. The molecule has 0 aliphatic rings. The maximum atomic E-state index is 10.3. The van der Waals surface area contributed by atoms with Gasteiger partial charge in [0.1, 0.15) is 6.04 Å². The minimum Gasteiger partial charge on any atom is -0.480 e. The first-order chi connectivity index (χ1) is 5.04. The Kier molecular flexibility index (Phi) is 4.21. The summed E-state index contributed by atoms with van der Waals surface area (Å²) >= 11 is 0. The zero-order valence-corrected chi connectivity index (χ0v) is 6.55. The minimum absolute atomic E-state index is 0.183. The van der Waals surface area contributed by atoms with E-state index in [1.54, 1.807) is 0 Å². The van der Waals surface area contributed by atoms with Crippen molar-refractivity contribution >= 4 is 11.9 Å². The van der Waals surface area contributed by atoms with Crippen LogP contribution in [-0.4, -0.2) is 29.7 Å². The molecule has 1 amide bonds. The normalized spacial score (nSPS) is 12.2. The maximum Gasteiger partial charge on any atom is 0.320 e. The fourth-order valence-electron chi connectivity index (χ4n) is 0.416. The van der Waals surface area contributed by atoms with E-state index < -0.39 is 12.0 Å². The number of hydrogen-bond donors (Lipinski definition) is 3. The average Bonchev–Trinajstić information content (AvgIpc) is 1.86. The van der Waals surface area contributed by atoms with Crippen molar-refractivity contribution in [2.45, 2.75) is 19.9 Å². The molecule has 0 rings (SSSR count). The third-order valence-electron chi connectivity index (χ3n) is 1.12. The fourth-order valence-corrected chi connectivity index (χ4v) is 0.416. The quantitative estimate of drug-likeness (QED) is 0.468. The monoisotopic (exact) mass is 160 g/mol. The second-order valence-electron chi connectivity index (χ2n) is 2.17. The van der Waals surface area contributed by atoms with Crippen LogP contribution in [0.3, 0.4) is 0 Å². The van der Waals surface area contributed by atoms with Gasteiger partial charge in [-0.25, -0.2) is 0 Å². The summed E-state index contributed by atoms with van der Waals surface area (Å²) in [7, 11) is 0. The molecule has 0 aromatic rings. The van der Waals surface area contributed by atoms with Crippen molar-refractivity contribution in [3.63, 3.8) is 0 Å². The van der Waals surface area contributed by atoms with Gasteiger partial charge in [0.2, 0.25) is 5.91 Å². The highest BCUT2D eigenvalue weighted by molar-refractivity contribution is 5.74. The van der Waals surface area contributed by atoms with Gasteiger partial charge in [-0.15, -0.1) is 0 Å². The van der Waals surface area contributed by atoms with Gasteiger partial charge < -0.3 is 10.4 Å². The molecule has 0 saturated heterocycles. The maximum absolute atomic E-state index is 10.3. The van der Waals surface area contributed by atoms with Crippen LogP contribution in [0.15, 0.2) is 0 Å². The number of carboxylic acids is 1. The summed E-state index contributed by atoms with van der Waals surface area (Å²) in [5, 5.41) is 13.4. The van der Waals surface area contributed by atoms with E-state index in [-0.39, 0.29) is 12.6 Å².